The summed E-state index contributed by atoms with van der Waals surface area (Å²) in [6, 6.07) is 1.57. The van der Waals surface area contributed by atoms with Crippen molar-refractivity contribution in [2.45, 2.75) is 109 Å². The van der Waals surface area contributed by atoms with Crippen LogP contribution in [0, 0.1) is 5.41 Å². The molecule has 7 nitrogen and oxygen atoms in total. The zero-order chi connectivity index (χ0) is 29.6. The van der Waals surface area contributed by atoms with E-state index in [1.165, 1.54) is 43.1 Å². The molecule has 2 N–H and O–H groups in total. The van der Waals surface area contributed by atoms with Gasteiger partial charge in [0.05, 0.1) is 31.1 Å². The number of imidazole rings is 1. The Labute approximate surface area is 227 Å². The Balaban J connectivity index is 0.000000331. The Bertz CT molecular complexity index is 1160. The van der Waals surface area contributed by atoms with E-state index in [4.69, 9.17) is 0 Å². The van der Waals surface area contributed by atoms with E-state index in [1.54, 1.807) is 6.07 Å². The zero-order valence-corrected chi connectivity index (χ0v) is 22.2. The first-order chi connectivity index (χ1) is 18.6. The van der Waals surface area contributed by atoms with Crippen LogP contribution in [0.4, 0.5) is 30.7 Å². The van der Waals surface area contributed by atoms with E-state index in [0.717, 1.165) is 6.42 Å². The van der Waals surface area contributed by atoms with E-state index < -0.39 is 54.5 Å². The molecule has 3 saturated carbocycles. The molecular weight excluding hydrogens is 547 g/mol. The van der Waals surface area contributed by atoms with Crippen LogP contribution in [0.3, 0.4) is 0 Å². The highest BCUT2D eigenvalue weighted by Crippen LogP contribution is 2.60. The van der Waals surface area contributed by atoms with E-state index in [-0.39, 0.29) is 25.9 Å². The third kappa shape index (κ3) is 9.92. The minimum absolute atomic E-state index is 0.0213. The van der Waals surface area contributed by atoms with Crippen LogP contribution >= 0.6 is 0 Å². The van der Waals surface area contributed by atoms with E-state index in [2.05, 4.69) is 20.7 Å². The van der Waals surface area contributed by atoms with Gasteiger partial charge in [0, 0.05) is 32.2 Å². The summed E-state index contributed by atoms with van der Waals surface area (Å²) in [5, 5.41) is 8.86. The molecule has 40 heavy (non-hydrogen) atoms. The molecule has 2 aromatic rings. The van der Waals surface area contributed by atoms with Gasteiger partial charge in [0.25, 0.3) is 5.92 Å². The van der Waals surface area contributed by atoms with Crippen molar-refractivity contribution in [3.05, 3.63) is 29.7 Å². The summed E-state index contributed by atoms with van der Waals surface area (Å²) in [5.41, 5.74) is -0.407. The molecule has 0 bridgehead atoms. The van der Waals surface area contributed by atoms with Crippen molar-refractivity contribution in [3.8, 4) is 0 Å². The van der Waals surface area contributed by atoms with Crippen LogP contribution < -0.4 is 10.6 Å². The molecule has 0 aromatic carbocycles. The van der Waals surface area contributed by atoms with Crippen molar-refractivity contribution < 1.29 is 40.3 Å². The smallest absolute Gasteiger partial charge is 0.352 e. The molecule has 5 rings (SSSR count). The van der Waals surface area contributed by atoms with Crippen molar-refractivity contribution >= 4 is 17.5 Å². The first kappa shape index (κ1) is 31.6. The van der Waals surface area contributed by atoms with E-state index in [1.807, 2.05) is 0 Å². The van der Waals surface area contributed by atoms with Gasteiger partial charge >= 0.3 is 6.18 Å². The molecule has 3 fully saturated rings. The van der Waals surface area contributed by atoms with E-state index >= 15 is 0 Å². The molecule has 2 heterocycles. The molecule has 2 amide bonds. The summed E-state index contributed by atoms with van der Waals surface area (Å²) in [6.07, 6.45) is 3.33. The second-order valence-corrected chi connectivity index (χ2v) is 10.7. The number of amides is 2. The molecule has 3 aliphatic carbocycles. The Morgan fingerprint density at radius 3 is 2.08 bits per heavy atom. The number of carbonyl (C=O) groups is 2. The first-order valence-electron chi connectivity index (χ1n) is 13.3. The van der Waals surface area contributed by atoms with Crippen LogP contribution in [0.1, 0.15) is 88.8 Å². The predicted molar refractivity (Wildman–Crippen MR) is 132 cm³/mol. The highest BCUT2D eigenvalue weighted by molar-refractivity contribution is 5.86. The summed E-state index contributed by atoms with van der Waals surface area (Å²) in [6.45, 7) is 1.12. The second kappa shape index (κ2) is 12.7. The number of hydrogen-bond donors (Lipinski definition) is 2. The SMILES string of the molecule is C1CC1.CC1(C(=O)NCc2cn3ncc(CNC(=O)CCC(F)(F)F)cc3n2)CC1(F)F.FC1(F)CCCCC1. The number of alkyl halides is 7. The van der Waals surface area contributed by atoms with Gasteiger partial charge in [-0.2, -0.15) is 18.3 Å². The molecule has 1 atom stereocenters. The van der Waals surface area contributed by atoms with Crippen LogP contribution in [0.15, 0.2) is 18.5 Å². The predicted octanol–water partition coefficient (Wildman–Crippen LogP) is 6.11. The molecule has 0 saturated heterocycles. The monoisotopic (exact) mass is 581 g/mol. The molecule has 1 unspecified atom stereocenters. The number of nitrogens with one attached hydrogen (secondary N) is 2. The van der Waals surface area contributed by atoms with E-state index in [9.17, 15) is 40.3 Å². The molecule has 2 aromatic heterocycles. The van der Waals surface area contributed by atoms with Gasteiger partial charge in [-0.15, -0.1) is 0 Å². The van der Waals surface area contributed by atoms with Gasteiger partial charge in [0.1, 0.15) is 5.41 Å². The summed E-state index contributed by atoms with van der Waals surface area (Å²) >= 11 is 0. The third-order valence-electron chi connectivity index (χ3n) is 6.68. The van der Waals surface area contributed by atoms with Crippen molar-refractivity contribution in [2.24, 2.45) is 5.41 Å². The fourth-order valence-electron chi connectivity index (χ4n) is 3.77. The van der Waals surface area contributed by atoms with Gasteiger partial charge in [-0.25, -0.2) is 27.1 Å². The topological polar surface area (TPSA) is 88.4 Å². The third-order valence-corrected chi connectivity index (χ3v) is 6.68. The number of fused-ring (bicyclic) bond motifs is 1. The number of carbonyl (C=O) groups excluding carboxylic acids is 2. The van der Waals surface area contributed by atoms with Crippen LogP contribution in [0.2, 0.25) is 0 Å². The van der Waals surface area contributed by atoms with Gasteiger partial charge < -0.3 is 10.6 Å². The summed E-state index contributed by atoms with van der Waals surface area (Å²) < 4.78 is 88.6. The quantitative estimate of drug-likeness (QED) is 0.387. The molecule has 0 aliphatic heterocycles. The maximum Gasteiger partial charge on any atom is 0.389 e. The number of rotatable bonds is 7. The fourth-order valence-corrected chi connectivity index (χ4v) is 3.77. The molecule has 0 spiro atoms. The average molecular weight is 582 g/mol. The lowest BCUT2D eigenvalue weighted by atomic mass is 9.97. The lowest BCUT2D eigenvalue weighted by Gasteiger charge is -2.20. The summed E-state index contributed by atoms with van der Waals surface area (Å²) in [7, 11) is 0. The Morgan fingerprint density at radius 2 is 1.57 bits per heavy atom. The van der Waals surface area contributed by atoms with Crippen molar-refractivity contribution in [2.75, 3.05) is 0 Å². The normalized spacial score (nSPS) is 22.2. The first-order valence-corrected chi connectivity index (χ1v) is 13.3. The Hall–Kier alpha value is -2.93. The van der Waals surface area contributed by atoms with Gasteiger partial charge in [0.2, 0.25) is 17.7 Å². The largest absolute Gasteiger partial charge is 0.389 e. The van der Waals surface area contributed by atoms with E-state index in [0.29, 0.717) is 29.7 Å². The van der Waals surface area contributed by atoms with Crippen LogP contribution in [0.5, 0.6) is 0 Å². The highest BCUT2D eigenvalue weighted by atomic mass is 19.4. The van der Waals surface area contributed by atoms with Crippen molar-refractivity contribution in [3.63, 3.8) is 0 Å². The Kier molecular flexibility index (Phi) is 10.0. The van der Waals surface area contributed by atoms with Gasteiger partial charge in [-0.1, -0.05) is 25.7 Å². The van der Waals surface area contributed by atoms with Crippen molar-refractivity contribution in [1.82, 2.24) is 25.2 Å². The molecule has 0 radical (unpaired) electrons. The minimum atomic E-state index is -4.40. The second-order valence-electron chi connectivity index (χ2n) is 10.7. The van der Waals surface area contributed by atoms with Crippen LogP contribution in [0.25, 0.3) is 5.65 Å². The molecular formula is C26H34F7N5O2. The molecule has 224 valence electrons. The van der Waals surface area contributed by atoms with Crippen molar-refractivity contribution in [1.29, 1.82) is 0 Å². The highest BCUT2D eigenvalue weighted by Gasteiger charge is 2.72. The minimum Gasteiger partial charge on any atom is -0.352 e. The van der Waals surface area contributed by atoms with Crippen LogP contribution in [-0.4, -0.2) is 44.4 Å². The van der Waals surface area contributed by atoms with Gasteiger partial charge in [0.15, 0.2) is 5.65 Å². The van der Waals surface area contributed by atoms with Crippen LogP contribution in [-0.2, 0) is 22.7 Å². The maximum absolute atomic E-state index is 13.2. The lowest BCUT2D eigenvalue weighted by Crippen LogP contribution is -2.33. The number of aromatic nitrogens is 3. The standard InChI is InChI=1S/C17H18F5N5O2.C6H10F2.C3H6/c1-15(9-16(15,18)19)14(29)24-7-11-8-27-12(26-11)4-10(6-25-27)5-23-13(28)2-3-17(20,21)22;7-6(8)4-2-1-3-5-6;1-2-3-1/h4,6,8H,2-3,5,7,9H2,1H3,(H,23,28)(H,24,29);1-5H2;1-3H2. The average Bonchev–Trinajstić information content (AvgIpc) is 3.78. The number of halogens is 7. The number of hydrogen-bond acceptors (Lipinski definition) is 4. The maximum atomic E-state index is 13.2. The van der Waals surface area contributed by atoms with Gasteiger partial charge in [-0.3, -0.25) is 9.59 Å². The van der Waals surface area contributed by atoms with Gasteiger partial charge in [-0.05, 0) is 31.4 Å². The lowest BCUT2D eigenvalue weighted by molar-refractivity contribution is -0.144. The fraction of sp³-hybridized carbons (Fsp3) is 0.692. The molecule has 3 aliphatic rings. The summed E-state index contributed by atoms with van der Waals surface area (Å²) in [5.74, 6) is -6.82. The zero-order valence-electron chi connectivity index (χ0n) is 22.2. The number of nitrogens with zero attached hydrogens (tertiary/aromatic N) is 3. The summed E-state index contributed by atoms with van der Waals surface area (Å²) in [4.78, 5) is 27.6. The Morgan fingerprint density at radius 1 is 0.975 bits per heavy atom. The molecule has 14 heteroatoms.